The van der Waals surface area contributed by atoms with Gasteiger partial charge in [0.2, 0.25) is 0 Å². The molecule has 9 aromatic carbocycles. The summed E-state index contributed by atoms with van der Waals surface area (Å²) in [5.41, 5.74) is 27.5. The fourth-order valence-corrected chi connectivity index (χ4v) is 15.7. The van der Waals surface area contributed by atoms with Crippen molar-refractivity contribution < 1.29 is 28.4 Å². The molecule has 0 saturated heterocycles. The molecule has 0 amide bonds. The molecule has 114 heavy (non-hydrogen) atoms. The first-order valence-electron chi connectivity index (χ1n) is 40.6. The van der Waals surface area contributed by atoms with E-state index in [1.807, 2.05) is 76.3 Å². The van der Waals surface area contributed by atoms with Crippen molar-refractivity contribution in [2.45, 2.75) is 215 Å². The van der Waals surface area contributed by atoms with Crippen molar-refractivity contribution in [1.82, 2.24) is 15.0 Å². The molecule has 0 saturated carbocycles. The predicted molar refractivity (Wildman–Crippen MR) is 469 cm³/mol. The second-order valence-electron chi connectivity index (χ2n) is 37.5. The van der Waals surface area contributed by atoms with Crippen LogP contribution in [0.25, 0.3) is 33.8 Å². The molecule has 0 atom stereocenters. The van der Waals surface area contributed by atoms with Gasteiger partial charge in [-0.25, -0.2) is 0 Å². The van der Waals surface area contributed by atoms with Crippen molar-refractivity contribution in [3.05, 3.63) is 336 Å². The van der Waals surface area contributed by atoms with Crippen molar-refractivity contribution in [2.24, 2.45) is 0 Å². The summed E-state index contributed by atoms with van der Waals surface area (Å²) in [4.78, 5) is 14.1. The van der Waals surface area contributed by atoms with Gasteiger partial charge in [-0.1, -0.05) is 288 Å². The van der Waals surface area contributed by atoms with Gasteiger partial charge in [0.05, 0.1) is 38.4 Å². The second kappa shape index (κ2) is 33.0. The summed E-state index contributed by atoms with van der Waals surface area (Å²) in [5, 5.41) is 0. The molecule has 0 N–H and O–H groups in total. The first kappa shape index (κ1) is 81.3. The fourth-order valence-electron chi connectivity index (χ4n) is 15.7. The minimum atomic E-state index is -0.268. The second-order valence-corrected chi connectivity index (χ2v) is 37.5. The van der Waals surface area contributed by atoms with Gasteiger partial charge < -0.3 is 28.4 Å². The zero-order valence-corrected chi connectivity index (χ0v) is 71.4. The number of pyridine rings is 3. The highest BCUT2D eigenvalue weighted by atomic mass is 16.5. The van der Waals surface area contributed by atoms with Gasteiger partial charge in [0, 0.05) is 73.8 Å². The van der Waals surface area contributed by atoms with Crippen LogP contribution in [0.15, 0.2) is 219 Å². The molecule has 3 aromatic heterocycles. The molecule has 3 heterocycles. The molecule has 9 heteroatoms. The molecule has 9 nitrogen and oxygen atoms in total. The predicted octanol–water partition coefficient (Wildman–Crippen LogP) is 25.3. The molecule has 0 unspecified atom stereocenters. The maximum Gasteiger partial charge on any atom is 0.126 e. The molecule has 12 bridgehead atoms. The van der Waals surface area contributed by atoms with E-state index in [0.29, 0.717) is 58.3 Å². The number of ether oxygens (including phenoxy) is 6. The lowest BCUT2D eigenvalue weighted by Crippen LogP contribution is -2.17. The smallest absolute Gasteiger partial charge is 0.126 e. The molecule has 0 aliphatic heterocycles. The van der Waals surface area contributed by atoms with E-state index < -0.39 is 0 Å². The Hall–Kier alpha value is -10.8. The SMILES string of the molecule is COc1c2cc(C(C)(C)C)cc1Cc1cc(C(C)(C)C)cc(c1OCc1ccc(-c3ccccn3)cc1)Cc1cc(C(C)(C)C)cc(c1OC)Cc1cc(C(C)(C)C)cc(c1OCc1ccc(-c3ccccn3)cc1)Cc1cc(C(C)(C)C)cc(c1OC)Cc1cc(C(C)(C)C)cc(c1OCc1ccc(-c3ccccn3)cc1)C2. The molecular formula is C105H117N3O6. The molecule has 1 aliphatic rings. The van der Waals surface area contributed by atoms with E-state index in [9.17, 15) is 0 Å². The molecule has 588 valence electrons. The Morgan fingerprint density at radius 1 is 0.228 bits per heavy atom. The third kappa shape index (κ3) is 18.9. The Kier molecular flexibility index (Phi) is 23.5. The maximum atomic E-state index is 7.59. The summed E-state index contributed by atoms with van der Waals surface area (Å²) in [6.45, 7) is 42.7. The molecule has 13 rings (SSSR count). The Labute approximate surface area is 680 Å². The van der Waals surface area contributed by atoms with Crippen molar-refractivity contribution in [1.29, 1.82) is 0 Å². The standard InChI is InChI=1S/C105H117N3O6/c1-100(2,3)85-52-73-46-79-58-88(103(10,11)12)60-81(97(79)112-64-67-31-37-70(38-32-67)91-28-22-25-43-106-91)48-75-54-86(101(4,5)6)56-77(95(75)110-20)50-83-62-90(105(16,17)18)63-84(99(83)114-66-69-35-41-72(42-36-69)93-30-24-27-45-108-93)51-78-57-87(102(7,8)9)55-76(96(78)111-21)49-82-61-89(104(13,14)15)59-80(47-74(53-85)94(73)109-19)98(82)113-65-68-33-39-71(40-34-68)92-29-23-26-44-107-92/h22-45,52-63H,46-51,64-66H2,1-21H3. The summed E-state index contributed by atoms with van der Waals surface area (Å²) < 4.78 is 43.7. The van der Waals surface area contributed by atoms with Gasteiger partial charge in [0.15, 0.2) is 0 Å². The Morgan fingerprint density at radius 3 is 0.553 bits per heavy atom. The zero-order valence-electron chi connectivity index (χ0n) is 71.4. The van der Waals surface area contributed by atoms with Crippen LogP contribution in [-0.2, 0) is 90.8 Å². The number of fused-ring (bicyclic) bond motifs is 12. The topological polar surface area (TPSA) is 94.1 Å². The fraction of sp³-hybridized carbons (Fsp3) is 0.343. The lowest BCUT2D eigenvalue weighted by molar-refractivity contribution is 0.299. The first-order chi connectivity index (χ1) is 54.1. The zero-order chi connectivity index (χ0) is 81.2. The number of rotatable bonds is 15. The van der Waals surface area contributed by atoms with Crippen molar-refractivity contribution in [3.8, 4) is 68.3 Å². The largest absolute Gasteiger partial charge is 0.496 e. The average Bonchev–Trinajstić information content (AvgIpc) is 0.846. The Bertz CT molecular complexity index is 4710. The highest BCUT2D eigenvalue weighted by molar-refractivity contribution is 5.65. The number of nitrogens with zero attached hydrogens (tertiary/aromatic N) is 3. The minimum Gasteiger partial charge on any atom is -0.496 e. The summed E-state index contributed by atoms with van der Waals surface area (Å²) >= 11 is 0. The van der Waals surface area contributed by atoms with E-state index in [2.05, 4.69) is 288 Å². The molecule has 0 fully saturated rings. The van der Waals surface area contributed by atoms with E-state index in [1.165, 1.54) is 33.4 Å². The summed E-state index contributed by atoms with van der Waals surface area (Å²) in [6, 6.07) is 72.9. The van der Waals surface area contributed by atoms with E-state index in [-0.39, 0.29) is 32.5 Å². The average molecular weight is 1520 g/mol. The molecular weight excluding hydrogens is 1400 g/mol. The molecule has 1 aliphatic carbocycles. The van der Waals surface area contributed by atoms with E-state index in [0.717, 1.165) is 152 Å². The third-order valence-electron chi connectivity index (χ3n) is 22.4. The number of methoxy groups -OCH3 is 3. The van der Waals surface area contributed by atoms with Crippen molar-refractivity contribution >= 4 is 0 Å². The van der Waals surface area contributed by atoms with E-state index in [4.69, 9.17) is 43.4 Å². The van der Waals surface area contributed by atoms with Gasteiger partial charge in [0.25, 0.3) is 0 Å². The van der Waals surface area contributed by atoms with E-state index in [1.54, 1.807) is 0 Å². The summed E-state index contributed by atoms with van der Waals surface area (Å²) in [6.07, 6.45) is 8.60. The van der Waals surface area contributed by atoms with E-state index >= 15 is 0 Å². The molecule has 0 spiro atoms. The van der Waals surface area contributed by atoms with Gasteiger partial charge in [-0.05, 0) is 186 Å². The monoisotopic (exact) mass is 1520 g/mol. The number of hydrogen-bond donors (Lipinski definition) is 0. The van der Waals surface area contributed by atoms with Crippen LogP contribution in [0.5, 0.6) is 34.5 Å². The van der Waals surface area contributed by atoms with Crippen LogP contribution in [-0.4, -0.2) is 36.3 Å². The third-order valence-corrected chi connectivity index (χ3v) is 22.4. The quantitative estimate of drug-likeness (QED) is 0.0995. The normalized spacial score (nSPS) is 13.0. The maximum absolute atomic E-state index is 7.59. The number of hydrogen-bond acceptors (Lipinski definition) is 9. The lowest BCUT2D eigenvalue weighted by atomic mass is 9.79. The lowest BCUT2D eigenvalue weighted by Gasteiger charge is -2.29. The summed E-state index contributed by atoms with van der Waals surface area (Å²) in [7, 11) is 5.53. The van der Waals surface area contributed by atoms with Crippen LogP contribution >= 0.6 is 0 Å². The van der Waals surface area contributed by atoms with Crippen LogP contribution in [0, 0.1) is 0 Å². The number of benzene rings is 9. The van der Waals surface area contributed by atoms with Gasteiger partial charge in [0.1, 0.15) is 54.3 Å². The van der Waals surface area contributed by atoms with Gasteiger partial charge in [-0.15, -0.1) is 0 Å². The first-order valence-corrected chi connectivity index (χ1v) is 40.6. The van der Waals surface area contributed by atoms with Crippen LogP contribution in [0.2, 0.25) is 0 Å². The van der Waals surface area contributed by atoms with Gasteiger partial charge in [-0.3, -0.25) is 15.0 Å². The Balaban J connectivity index is 1.09. The Morgan fingerprint density at radius 2 is 0.404 bits per heavy atom. The minimum absolute atomic E-state index is 0.260. The summed E-state index contributed by atoms with van der Waals surface area (Å²) in [5.74, 6) is 5.03. The molecule has 0 radical (unpaired) electrons. The van der Waals surface area contributed by atoms with Crippen LogP contribution in [0.4, 0.5) is 0 Å². The molecule has 12 aromatic rings. The van der Waals surface area contributed by atoms with Crippen molar-refractivity contribution in [2.75, 3.05) is 21.3 Å². The van der Waals surface area contributed by atoms with Crippen LogP contribution < -0.4 is 28.4 Å². The number of aromatic nitrogens is 3. The van der Waals surface area contributed by atoms with Crippen LogP contribution in [0.1, 0.15) is 241 Å². The van der Waals surface area contributed by atoms with Crippen molar-refractivity contribution in [3.63, 3.8) is 0 Å². The van der Waals surface area contributed by atoms with Gasteiger partial charge in [-0.2, -0.15) is 0 Å². The highest BCUT2D eigenvalue weighted by Crippen LogP contribution is 2.47. The highest BCUT2D eigenvalue weighted by Gasteiger charge is 2.32. The van der Waals surface area contributed by atoms with Crippen LogP contribution in [0.3, 0.4) is 0 Å². The van der Waals surface area contributed by atoms with Gasteiger partial charge >= 0.3 is 0 Å².